The van der Waals surface area contributed by atoms with Gasteiger partial charge in [0.05, 0.1) is 10.8 Å². The van der Waals surface area contributed by atoms with Crippen molar-refractivity contribution in [2.75, 3.05) is 5.32 Å². The van der Waals surface area contributed by atoms with Gasteiger partial charge in [0.1, 0.15) is 0 Å². The van der Waals surface area contributed by atoms with Crippen LogP contribution < -0.4 is 5.32 Å². The van der Waals surface area contributed by atoms with Crippen molar-refractivity contribution in [3.05, 3.63) is 334 Å². The smallest absolute Gasteiger partial charge is 0.0719 e. The van der Waals surface area contributed by atoms with Crippen LogP contribution in [0.4, 0.5) is 11.4 Å². The summed E-state index contributed by atoms with van der Waals surface area (Å²) in [6, 6.07) is 66.3. The monoisotopic (exact) mass is 891 g/mol. The van der Waals surface area contributed by atoms with E-state index < -0.39 is 10.8 Å². The first-order valence-electron chi connectivity index (χ1n) is 24.4. The number of benzene rings is 7. The van der Waals surface area contributed by atoms with Gasteiger partial charge in [-0.1, -0.05) is 243 Å². The van der Waals surface area contributed by atoms with Gasteiger partial charge in [0.2, 0.25) is 0 Å². The quantitative estimate of drug-likeness (QED) is 0.128. The largest absolute Gasteiger partial charge is 0.356 e. The van der Waals surface area contributed by atoms with Gasteiger partial charge in [-0.25, -0.2) is 0 Å². The maximum atomic E-state index is 4.68. The first-order chi connectivity index (χ1) is 34.0. The van der Waals surface area contributed by atoms with E-state index in [9.17, 15) is 0 Å². The molecule has 338 valence electrons. The van der Waals surface area contributed by atoms with Crippen molar-refractivity contribution in [2.45, 2.75) is 50.9 Å². The number of anilines is 2. The Morgan fingerprint density at radius 1 is 0.551 bits per heavy atom. The molecule has 0 heterocycles. The Morgan fingerprint density at radius 3 is 1.64 bits per heavy atom. The lowest BCUT2D eigenvalue weighted by Crippen LogP contribution is -2.44. The van der Waals surface area contributed by atoms with E-state index in [2.05, 4.69) is 281 Å². The third-order valence-corrected chi connectivity index (χ3v) is 13.8. The Bertz CT molecular complexity index is 3070. The van der Waals surface area contributed by atoms with E-state index in [1.165, 1.54) is 72.4 Å². The summed E-state index contributed by atoms with van der Waals surface area (Å²) in [4.78, 5) is 0. The third kappa shape index (κ3) is 8.97. The minimum atomic E-state index is -0.467. The molecule has 0 aromatic heterocycles. The van der Waals surface area contributed by atoms with Crippen LogP contribution in [0.5, 0.6) is 0 Å². The van der Waals surface area contributed by atoms with E-state index in [0.29, 0.717) is 0 Å². The predicted molar refractivity (Wildman–Crippen MR) is 296 cm³/mol. The summed E-state index contributed by atoms with van der Waals surface area (Å²) >= 11 is 0. The molecular formula is C68H61N. The summed E-state index contributed by atoms with van der Waals surface area (Å²) in [6.45, 7) is 10.9. The molecule has 0 fully saturated rings. The molecule has 0 atom stereocenters. The molecular weight excluding hydrogens is 831 g/mol. The zero-order chi connectivity index (χ0) is 47.5. The third-order valence-electron chi connectivity index (χ3n) is 13.8. The lowest BCUT2D eigenvalue weighted by Gasteiger charge is -2.50. The van der Waals surface area contributed by atoms with E-state index in [0.717, 1.165) is 36.2 Å². The maximum absolute atomic E-state index is 4.68. The highest BCUT2D eigenvalue weighted by Crippen LogP contribution is 2.64. The van der Waals surface area contributed by atoms with Crippen LogP contribution in [-0.4, -0.2) is 0 Å². The van der Waals surface area contributed by atoms with Crippen LogP contribution in [0.2, 0.25) is 0 Å². The second-order valence-electron chi connectivity index (χ2n) is 17.8. The van der Waals surface area contributed by atoms with Crippen LogP contribution in [0.15, 0.2) is 279 Å². The van der Waals surface area contributed by atoms with Crippen LogP contribution in [0.1, 0.15) is 89.2 Å². The Balaban J connectivity index is 0.000000179. The molecule has 0 amide bonds. The molecule has 3 aliphatic rings. The number of nitrogens with one attached hydrogen (secondary N) is 1. The number of rotatable bonds is 11. The van der Waals surface area contributed by atoms with Gasteiger partial charge in [0, 0.05) is 11.4 Å². The van der Waals surface area contributed by atoms with Crippen LogP contribution in [0.3, 0.4) is 0 Å². The van der Waals surface area contributed by atoms with Crippen LogP contribution in [-0.2, 0) is 17.3 Å². The van der Waals surface area contributed by atoms with E-state index in [1.807, 2.05) is 13.0 Å². The topological polar surface area (TPSA) is 12.0 Å². The second-order valence-corrected chi connectivity index (χ2v) is 17.8. The maximum Gasteiger partial charge on any atom is 0.0719 e. The predicted octanol–water partition coefficient (Wildman–Crippen LogP) is 17.6. The van der Waals surface area contributed by atoms with Crippen molar-refractivity contribution in [3.63, 3.8) is 0 Å². The number of fused-ring (bicyclic) bond motifs is 6. The summed E-state index contributed by atoms with van der Waals surface area (Å²) < 4.78 is 0. The molecule has 1 N–H and O–H groups in total. The molecule has 1 spiro atoms. The Morgan fingerprint density at radius 2 is 1.09 bits per heavy atom. The highest BCUT2D eigenvalue weighted by molar-refractivity contribution is 5.95. The summed E-state index contributed by atoms with van der Waals surface area (Å²) in [5.41, 5.74) is 19.0. The molecule has 1 heteroatoms. The molecule has 10 rings (SSSR count). The molecule has 0 radical (unpaired) electrons. The highest BCUT2D eigenvalue weighted by atomic mass is 14.9. The second kappa shape index (κ2) is 21.3. The molecule has 3 aliphatic carbocycles. The van der Waals surface area contributed by atoms with Crippen molar-refractivity contribution in [2.24, 2.45) is 0 Å². The highest BCUT2D eigenvalue weighted by Gasteiger charge is 2.57. The number of hydrogen-bond donors (Lipinski definition) is 1. The Hall–Kier alpha value is -8.00. The summed E-state index contributed by atoms with van der Waals surface area (Å²) in [5, 5.41) is 3.49. The first-order valence-corrected chi connectivity index (χ1v) is 24.4. The van der Waals surface area contributed by atoms with Crippen molar-refractivity contribution >= 4 is 22.5 Å². The lowest BCUT2D eigenvalue weighted by atomic mass is 9.51. The fourth-order valence-electron chi connectivity index (χ4n) is 10.7. The molecule has 69 heavy (non-hydrogen) atoms. The van der Waals surface area contributed by atoms with Gasteiger partial charge in [0.15, 0.2) is 0 Å². The van der Waals surface area contributed by atoms with E-state index in [4.69, 9.17) is 0 Å². The molecule has 7 aromatic carbocycles. The van der Waals surface area contributed by atoms with Gasteiger partial charge >= 0.3 is 0 Å². The minimum Gasteiger partial charge on any atom is -0.356 e. The van der Waals surface area contributed by atoms with Crippen molar-refractivity contribution in [1.29, 1.82) is 0 Å². The molecule has 1 nitrogen and oxygen atoms in total. The molecule has 7 aromatic rings. The molecule has 0 saturated carbocycles. The first kappa shape index (κ1) is 46.1. The zero-order valence-corrected chi connectivity index (χ0v) is 40.2. The normalized spacial score (nSPS) is 16.2. The van der Waals surface area contributed by atoms with Gasteiger partial charge in [-0.3, -0.25) is 0 Å². The SMILES string of the molecule is C/C=C\C=C/Cc1ccc(Nc2ccc(C(/C=C\C3=CCCC=C3)=C/C)cc2)cc1.C=C1/C(=C\C=C/C)C2(c3ccccc31)c1ccccc1C(c1ccccc1)(c1ccccc1)c1ccccc12. The standard InChI is InChI=1S/C39H30.C29H31N/c1-3-4-22-32-28(2)31-21-11-12-23-33(31)39(32)36-26-15-13-24-34(36)38(29-17-7-5-8-18-29,30-19-9-6-10-20-30)35-25-14-16-27-37(35)39;1-3-5-6-8-13-25-15-20-28(21-16-25)30-29-22-18-27(19-23-29)26(4-2)17-14-24-11-9-7-10-12-24/h3-27H,2H2,1H3;3-6,8-9,11-12,14-23,30H,7,10,13H2,1-2H3/b4-3-,32-22+;5-3-,8-6-,17-14-,26-4+. The number of hydrogen-bond acceptors (Lipinski definition) is 1. The summed E-state index contributed by atoms with van der Waals surface area (Å²) in [7, 11) is 0. The van der Waals surface area contributed by atoms with Crippen molar-refractivity contribution in [3.8, 4) is 0 Å². The Kier molecular flexibility index (Phi) is 14.2. The average molecular weight is 892 g/mol. The van der Waals surface area contributed by atoms with Gasteiger partial charge in [-0.05, 0) is 142 Å². The van der Waals surface area contributed by atoms with Gasteiger partial charge in [0.25, 0.3) is 0 Å². The van der Waals surface area contributed by atoms with E-state index in [1.54, 1.807) is 0 Å². The minimum absolute atomic E-state index is 0.465. The summed E-state index contributed by atoms with van der Waals surface area (Å²) in [5.74, 6) is 0. The molecule has 0 saturated heterocycles. The van der Waals surface area contributed by atoms with Gasteiger partial charge in [-0.15, -0.1) is 0 Å². The fraction of sp³-hybridized carbons (Fsp3) is 0.118. The average Bonchev–Trinajstić information content (AvgIpc) is 3.66. The molecule has 0 bridgehead atoms. The van der Waals surface area contributed by atoms with Crippen LogP contribution >= 0.6 is 0 Å². The number of allylic oxidation sites excluding steroid dienone is 17. The van der Waals surface area contributed by atoms with Crippen LogP contribution in [0.25, 0.3) is 11.1 Å². The fourth-order valence-corrected chi connectivity index (χ4v) is 10.7. The van der Waals surface area contributed by atoms with E-state index >= 15 is 0 Å². The Labute approximate surface area is 411 Å². The lowest BCUT2D eigenvalue weighted by molar-refractivity contribution is 0.624. The summed E-state index contributed by atoms with van der Waals surface area (Å²) in [6.07, 6.45) is 31.4. The van der Waals surface area contributed by atoms with Crippen molar-refractivity contribution in [1.82, 2.24) is 0 Å². The molecule has 0 aliphatic heterocycles. The van der Waals surface area contributed by atoms with Gasteiger partial charge < -0.3 is 5.32 Å². The van der Waals surface area contributed by atoms with Crippen LogP contribution in [0, 0.1) is 0 Å². The van der Waals surface area contributed by atoms with Crippen molar-refractivity contribution < 1.29 is 0 Å². The molecule has 0 unspecified atom stereocenters. The van der Waals surface area contributed by atoms with E-state index in [-0.39, 0.29) is 0 Å². The van der Waals surface area contributed by atoms with Gasteiger partial charge in [-0.2, -0.15) is 0 Å². The zero-order valence-electron chi connectivity index (χ0n) is 40.2.